The highest BCUT2D eigenvalue weighted by molar-refractivity contribution is 5.93. The fraction of sp³-hybridized carbons (Fsp3) is 0.350. The molecule has 1 aliphatic heterocycles. The van der Waals surface area contributed by atoms with Crippen LogP contribution in [0.3, 0.4) is 0 Å². The highest BCUT2D eigenvalue weighted by Crippen LogP contribution is 2.32. The van der Waals surface area contributed by atoms with Crippen LogP contribution in [0.15, 0.2) is 47.5 Å². The zero-order valence-electron chi connectivity index (χ0n) is 15.6. The summed E-state index contributed by atoms with van der Waals surface area (Å²) in [4.78, 5) is 6.39. The third-order valence-electron chi connectivity index (χ3n) is 4.12. The van der Waals surface area contributed by atoms with Gasteiger partial charge >= 0.3 is 0 Å². The van der Waals surface area contributed by atoms with E-state index in [1.807, 2.05) is 32.3 Å². The molecule has 0 aliphatic carbocycles. The zero-order valence-corrected chi connectivity index (χ0v) is 15.6. The van der Waals surface area contributed by atoms with Crippen molar-refractivity contribution in [1.29, 1.82) is 0 Å². The van der Waals surface area contributed by atoms with E-state index in [0.29, 0.717) is 25.7 Å². The maximum absolute atomic E-state index is 5.74. The van der Waals surface area contributed by atoms with Crippen molar-refractivity contribution >= 4 is 17.3 Å². The van der Waals surface area contributed by atoms with Crippen LogP contribution in [0.4, 0.5) is 11.4 Å². The Bertz CT molecular complexity index is 774. The van der Waals surface area contributed by atoms with Gasteiger partial charge in [0.25, 0.3) is 0 Å². The van der Waals surface area contributed by atoms with E-state index in [-0.39, 0.29) is 0 Å². The van der Waals surface area contributed by atoms with Crippen LogP contribution < -0.4 is 25.0 Å². The molecule has 1 aliphatic rings. The Hall–Kier alpha value is -2.89. The quantitative estimate of drug-likeness (QED) is 0.653. The number of guanidine groups is 1. The molecule has 0 bridgehead atoms. The van der Waals surface area contributed by atoms with E-state index in [1.165, 1.54) is 11.3 Å². The molecule has 1 heterocycles. The molecular weight excluding hydrogens is 328 g/mol. The predicted molar refractivity (Wildman–Crippen MR) is 107 cm³/mol. The van der Waals surface area contributed by atoms with Crippen LogP contribution >= 0.6 is 0 Å². The van der Waals surface area contributed by atoms with Gasteiger partial charge in [-0.15, -0.1) is 0 Å². The van der Waals surface area contributed by atoms with E-state index in [0.717, 1.165) is 23.6 Å². The Labute approximate surface area is 154 Å². The number of benzene rings is 2. The van der Waals surface area contributed by atoms with E-state index in [2.05, 4.69) is 44.8 Å². The number of hydrogen-bond acceptors (Lipinski definition) is 4. The summed E-state index contributed by atoms with van der Waals surface area (Å²) in [6.45, 7) is 2.05. The second kappa shape index (κ2) is 8.47. The highest BCUT2D eigenvalue weighted by Gasteiger charge is 2.11. The van der Waals surface area contributed by atoms with E-state index in [1.54, 1.807) is 7.05 Å². The van der Waals surface area contributed by atoms with Gasteiger partial charge in [-0.05, 0) is 29.8 Å². The molecule has 0 atom stereocenters. The molecule has 26 heavy (non-hydrogen) atoms. The SMILES string of the molecule is CN=C(NCc1cccc(N(C)C)c1)Nc1ccc2c(c1)OCCCO2. The normalized spacial score (nSPS) is 13.7. The first-order valence-corrected chi connectivity index (χ1v) is 8.79. The predicted octanol–water partition coefficient (Wildman–Crippen LogP) is 3.10. The maximum atomic E-state index is 5.74. The Morgan fingerprint density at radius 2 is 1.88 bits per heavy atom. The Balaban J connectivity index is 1.63. The van der Waals surface area contributed by atoms with Crippen molar-refractivity contribution in [2.24, 2.45) is 4.99 Å². The molecule has 0 fully saturated rings. The molecule has 0 saturated heterocycles. The van der Waals surface area contributed by atoms with Crippen LogP contribution in [0, 0.1) is 0 Å². The van der Waals surface area contributed by atoms with Crippen LogP contribution in [0.2, 0.25) is 0 Å². The number of nitrogens with zero attached hydrogens (tertiary/aromatic N) is 2. The molecule has 138 valence electrons. The van der Waals surface area contributed by atoms with Crippen molar-refractivity contribution < 1.29 is 9.47 Å². The lowest BCUT2D eigenvalue weighted by Crippen LogP contribution is -2.30. The summed E-state index contributed by atoms with van der Waals surface area (Å²) < 4.78 is 11.4. The van der Waals surface area contributed by atoms with Crippen molar-refractivity contribution in [2.75, 3.05) is 44.6 Å². The Morgan fingerprint density at radius 1 is 1.08 bits per heavy atom. The number of hydrogen-bond donors (Lipinski definition) is 2. The highest BCUT2D eigenvalue weighted by atomic mass is 16.5. The number of rotatable bonds is 4. The number of fused-ring (bicyclic) bond motifs is 1. The average Bonchev–Trinajstić information content (AvgIpc) is 2.90. The zero-order chi connectivity index (χ0) is 18.4. The van der Waals surface area contributed by atoms with Crippen molar-refractivity contribution in [2.45, 2.75) is 13.0 Å². The first-order chi connectivity index (χ1) is 12.7. The maximum Gasteiger partial charge on any atom is 0.195 e. The first kappa shape index (κ1) is 17.9. The van der Waals surface area contributed by atoms with Crippen molar-refractivity contribution in [3.05, 3.63) is 48.0 Å². The second-order valence-electron chi connectivity index (χ2n) is 6.33. The second-order valence-corrected chi connectivity index (χ2v) is 6.33. The molecule has 2 N–H and O–H groups in total. The summed E-state index contributed by atoms with van der Waals surface area (Å²) in [6.07, 6.45) is 0.896. The van der Waals surface area contributed by atoms with Crippen LogP contribution in [-0.2, 0) is 6.54 Å². The topological polar surface area (TPSA) is 58.1 Å². The summed E-state index contributed by atoms with van der Waals surface area (Å²) in [6, 6.07) is 14.2. The minimum absolute atomic E-state index is 0.672. The lowest BCUT2D eigenvalue weighted by Gasteiger charge is -2.16. The summed E-state index contributed by atoms with van der Waals surface area (Å²) in [5.41, 5.74) is 3.28. The molecule has 0 amide bonds. The van der Waals surface area contributed by atoms with Gasteiger partial charge in [-0.3, -0.25) is 4.99 Å². The minimum Gasteiger partial charge on any atom is -0.490 e. The molecule has 6 heteroatoms. The van der Waals surface area contributed by atoms with Gasteiger partial charge in [-0.25, -0.2) is 0 Å². The summed E-state index contributed by atoms with van der Waals surface area (Å²) in [5.74, 6) is 2.26. The monoisotopic (exact) mass is 354 g/mol. The fourth-order valence-corrected chi connectivity index (χ4v) is 2.69. The lowest BCUT2D eigenvalue weighted by atomic mass is 10.2. The number of nitrogens with one attached hydrogen (secondary N) is 2. The van der Waals surface area contributed by atoms with Gasteiger partial charge < -0.3 is 25.0 Å². The summed E-state index contributed by atoms with van der Waals surface area (Å²) >= 11 is 0. The van der Waals surface area contributed by atoms with E-state index < -0.39 is 0 Å². The van der Waals surface area contributed by atoms with Gasteiger partial charge in [0.1, 0.15) is 0 Å². The molecule has 6 nitrogen and oxygen atoms in total. The standard InChI is InChI=1S/C20H26N4O2/c1-21-20(22-14-15-6-4-7-17(12-15)24(2)3)23-16-8-9-18-19(13-16)26-11-5-10-25-18/h4,6-9,12-13H,5,10-11,14H2,1-3H3,(H2,21,22,23). The van der Waals surface area contributed by atoms with Crippen LogP contribution in [0.1, 0.15) is 12.0 Å². The Kier molecular flexibility index (Phi) is 5.84. The first-order valence-electron chi connectivity index (χ1n) is 8.79. The summed E-state index contributed by atoms with van der Waals surface area (Å²) in [7, 11) is 5.84. The van der Waals surface area contributed by atoms with Gasteiger partial charge in [0, 0.05) is 51.5 Å². The molecule has 2 aromatic rings. The summed E-state index contributed by atoms with van der Waals surface area (Å²) in [5, 5.41) is 6.64. The molecule has 3 rings (SSSR count). The van der Waals surface area contributed by atoms with Gasteiger partial charge in [-0.2, -0.15) is 0 Å². The number of anilines is 2. The van der Waals surface area contributed by atoms with Gasteiger partial charge in [-0.1, -0.05) is 12.1 Å². The minimum atomic E-state index is 0.672. The molecule has 0 spiro atoms. The third-order valence-corrected chi connectivity index (χ3v) is 4.12. The van der Waals surface area contributed by atoms with Gasteiger partial charge in [0.2, 0.25) is 0 Å². The van der Waals surface area contributed by atoms with Crippen LogP contribution in [0.5, 0.6) is 11.5 Å². The lowest BCUT2D eigenvalue weighted by molar-refractivity contribution is 0.297. The number of aliphatic imine (C=N–C) groups is 1. The number of ether oxygens (including phenoxy) is 2. The van der Waals surface area contributed by atoms with Crippen molar-refractivity contribution in [3.8, 4) is 11.5 Å². The Morgan fingerprint density at radius 3 is 2.65 bits per heavy atom. The van der Waals surface area contributed by atoms with Crippen molar-refractivity contribution in [3.63, 3.8) is 0 Å². The molecule has 0 unspecified atom stereocenters. The van der Waals surface area contributed by atoms with Gasteiger partial charge in [0.05, 0.1) is 13.2 Å². The third kappa shape index (κ3) is 4.59. The molecule has 0 radical (unpaired) electrons. The molecule has 2 aromatic carbocycles. The van der Waals surface area contributed by atoms with Crippen molar-refractivity contribution in [1.82, 2.24) is 5.32 Å². The molecule has 0 aromatic heterocycles. The van der Waals surface area contributed by atoms with Crippen LogP contribution in [-0.4, -0.2) is 40.3 Å². The smallest absolute Gasteiger partial charge is 0.195 e. The largest absolute Gasteiger partial charge is 0.490 e. The molecular formula is C20H26N4O2. The van der Waals surface area contributed by atoms with E-state index in [4.69, 9.17) is 9.47 Å². The van der Waals surface area contributed by atoms with E-state index >= 15 is 0 Å². The van der Waals surface area contributed by atoms with Crippen LogP contribution in [0.25, 0.3) is 0 Å². The van der Waals surface area contributed by atoms with E-state index in [9.17, 15) is 0 Å². The fourth-order valence-electron chi connectivity index (χ4n) is 2.69. The van der Waals surface area contributed by atoms with Gasteiger partial charge in [0.15, 0.2) is 17.5 Å². The average molecular weight is 354 g/mol. The molecule has 0 saturated carbocycles.